The van der Waals surface area contributed by atoms with Crippen LogP contribution in [-0.4, -0.2) is 32.1 Å². The Labute approximate surface area is 151 Å². The molecule has 2 aromatic heterocycles. The van der Waals surface area contributed by atoms with Gasteiger partial charge in [-0.1, -0.05) is 13.0 Å². The second-order valence-corrected chi connectivity index (χ2v) is 7.18. The van der Waals surface area contributed by atoms with Gasteiger partial charge in [0.1, 0.15) is 5.82 Å². The monoisotopic (exact) mass is 355 g/mol. The molecule has 0 unspecified atom stereocenters. The molecule has 0 atom stereocenters. The average molecular weight is 355 g/mol. The summed E-state index contributed by atoms with van der Waals surface area (Å²) >= 11 is 1.01. The molecule has 1 aliphatic heterocycles. The molecular formula is C19H21N3O2S. The van der Waals surface area contributed by atoms with Crippen molar-refractivity contribution in [1.29, 1.82) is 0 Å². The molecule has 5 nitrogen and oxygen atoms in total. The summed E-state index contributed by atoms with van der Waals surface area (Å²) in [6.07, 6.45) is 4.41. The Hall–Kier alpha value is -2.34. The van der Waals surface area contributed by atoms with Crippen LogP contribution in [0, 0.1) is 20.8 Å². The van der Waals surface area contributed by atoms with E-state index < -0.39 is 0 Å². The fourth-order valence-corrected chi connectivity index (χ4v) is 3.79. The smallest absolute Gasteiger partial charge is 0.293 e. The van der Waals surface area contributed by atoms with Crippen molar-refractivity contribution in [2.24, 2.45) is 0 Å². The fraction of sp³-hybridized carbons (Fsp3) is 0.316. The highest BCUT2D eigenvalue weighted by molar-refractivity contribution is 8.18. The van der Waals surface area contributed by atoms with Crippen LogP contribution in [0.15, 0.2) is 29.3 Å². The van der Waals surface area contributed by atoms with Gasteiger partial charge in [-0.25, -0.2) is 4.98 Å². The first-order valence-corrected chi connectivity index (χ1v) is 9.11. The molecule has 1 saturated heterocycles. The zero-order chi connectivity index (χ0) is 18.1. The Morgan fingerprint density at radius 3 is 2.60 bits per heavy atom. The van der Waals surface area contributed by atoms with Crippen LogP contribution >= 0.6 is 11.8 Å². The van der Waals surface area contributed by atoms with Gasteiger partial charge >= 0.3 is 0 Å². The largest absolute Gasteiger partial charge is 0.303 e. The van der Waals surface area contributed by atoms with Crippen LogP contribution in [0.1, 0.15) is 35.9 Å². The Balaban J connectivity index is 1.97. The van der Waals surface area contributed by atoms with Gasteiger partial charge in [-0.15, -0.1) is 0 Å². The zero-order valence-corrected chi connectivity index (χ0v) is 15.7. The maximum Gasteiger partial charge on any atom is 0.293 e. The number of nitrogens with zero attached hydrogens (tertiary/aromatic N) is 3. The molecule has 1 aliphatic rings. The highest BCUT2D eigenvalue weighted by Gasteiger charge is 2.34. The third kappa shape index (κ3) is 3.26. The van der Waals surface area contributed by atoms with Gasteiger partial charge in [0.05, 0.1) is 4.91 Å². The summed E-state index contributed by atoms with van der Waals surface area (Å²) < 4.78 is 2.06. The summed E-state index contributed by atoms with van der Waals surface area (Å²) in [4.78, 5) is 30.7. The van der Waals surface area contributed by atoms with Crippen LogP contribution in [0.2, 0.25) is 0 Å². The summed E-state index contributed by atoms with van der Waals surface area (Å²) in [5.41, 5.74) is 4.07. The van der Waals surface area contributed by atoms with E-state index in [9.17, 15) is 9.59 Å². The van der Waals surface area contributed by atoms with Crippen LogP contribution in [0.25, 0.3) is 11.9 Å². The van der Waals surface area contributed by atoms with Crippen molar-refractivity contribution in [2.45, 2.75) is 34.1 Å². The van der Waals surface area contributed by atoms with E-state index in [4.69, 9.17) is 0 Å². The number of carbonyl (C=O) groups excluding carboxylic acids is 2. The molecule has 130 valence electrons. The van der Waals surface area contributed by atoms with Crippen molar-refractivity contribution in [3.8, 4) is 5.82 Å². The van der Waals surface area contributed by atoms with Gasteiger partial charge in [-0.3, -0.25) is 14.5 Å². The molecule has 3 heterocycles. The van der Waals surface area contributed by atoms with Crippen molar-refractivity contribution >= 4 is 29.0 Å². The van der Waals surface area contributed by atoms with Crippen LogP contribution in [0.3, 0.4) is 0 Å². The van der Waals surface area contributed by atoms with Gasteiger partial charge in [-0.2, -0.15) is 0 Å². The van der Waals surface area contributed by atoms with Gasteiger partial charge in [0.15, 0.2) is 0 Å². The van der Waals surface area contributed by atoms with E-state index in [1.165, 1.54) is 4.90 Å². The lowest BCUT2D eigenvalue weighted by Gasteiger charge is -2.09. The maximum absolute atomic E-state index is 12.4. The first kappa shape index (κ1) is 17.5. The first-order valence-electron chi connectivity index (χ1n) is 8.29. The summed E-state index contributed by atoms with van der Waals surface area (Å²) in [6.45, 7) is 8.43. The van der Waals surface area contributed by atoms with Gasteiger partial charge in [-0.05, 0) is 68.3 Å². The maximum atomic E-state index is 12.4. The molecule has 25 heavy (non-hydrogen) atoms. The average Bonchev–Trinajstić information content (AvgIpc) is 3.00. The van der Waals surface area contributed by atoms with E-state index in [0.717, 1.165) is 46.5 Å². The lowest BCUT2D eigenvalue weighted by Crippen LogP contribution is -2.28. The minimum atomic E-state index is -0.199. The second kappa shape index (κ2) is 6.88. The van der Waals surface area contributed by atoms with Gasteiger partial charge in [0.2, 0.25) is 0 Å². The van der Waals surface area contributed by atoms with E-state index in [-0.39, 0.29) is 11.1 Å². The minimum absolute atomic E-state index is 0.188. The highest BCUT2D eigenvalue weighted by atomic mass is 32.2. The predicted molar refractivity (Wildman–Crippen MR) is 101 cm³/mol. The van der Waals surface area contributed by atoms with E-state index >= 15 is 0 Å². The number of hydrogen-bond acceptors (Lipinski definition) is 4. The van der Waals surface area contributed by atoms with Gasteiger partial charge in [0, 0.05) is 24.1 Å². The molecule has 0 aromatic carbocycles. The molecule has 3 rings (SSSR count). The molecule has 0 bridgehead atoms. The number of pyridine rings is 1. The van der Waals surface area contributed by atoms with Gasteiger partial charge < -0.3 is 4.57 Å². The summed E-state index contributed by atoms with van der Waals surface area (Å²) in [7, 11) is 0. The van der Waals surface area contributed by atoms with Crippen molar-refractivity contribution in [2.75, 3.05) is 6.54 Å². The Bertz CT molecular complexity index is 866. The van der Waals surface area contributed by atoms with E-state index in [1.54, 1.807) is 0 Å². The topological polar surface area (TPSA) is 55.2 Å². The predicted octanol–water partition coefficient (Wildman–Crippen LogP) is 4.24. The molecule has 2 aromatic rings. The zero-order valence-electron chi connectivity index (χ0n) is 14.9. The normalized spacial score (nSPS) is 16.3. The van der Waals surface area contributed by atoms with Crippen molar-refractivity contribution in [1.82, 2.24) is 14.5 Å². The number of aromatic nitrogens is 2. The highest BCUT2D eigenvalue weighted by Crippen LogP contribution is 2.33. The van der Waals surface area contributed by atoms with Crippen molar-refractivity contribution in [3.05, 3.63) is 51.8 Å². The number of thioether (sulfide) groups is 1. The Morgan fingerprint density at radius 2 is 1.96 bits per heavy atom. The molecule has 1 fully saturated rings. The number of rotatable bonds is 4. The van der Waals surface area contributed by atoms with Crippen LogP contribution < -0.4 is 0 Å². The molecular weight excluding hydrogens is 334 g/mol. The van der Waals surface area contributed by atoms with Crippen LogP contribution in [-0.2, 0) is 4.79 Å². The Kier molecular flexibility index (Phi) is 4.81. The number of imide groups is 1. The standard InChI is InChI=1S/C19H21N3O2S/c1-5-8-21-18(23)16(25-19(21)24)10-15-9-13(3)22(14(15)4)17-7-6-12(2)11-20-17/h6-7,9-11H,5,8H2,1-4H3/b16-10+. The van der Waals surface area contributed by atoms with E-state index in [0.29, 0.717) is 11.4 Å². The minimum Gasteiger partial charge on any atom is -0.303 e. The molecule has 0 radical (unpaired) electrons. The molecule has 0 N–H and O–H groups in total. The number of aryl methyl sites for hydroxylation is 2. The SMILES string of the molecule is CCCN1C(=O)S/C(=C/c2cc(C)n(-c3ccc(C)cn3)c2C)C1=O. The molecule has 2 amide bonds. The first-order chi connectivity index (χ1) is 11.9. The molecule has 0 spiro atoms. The van der Waals surface area contributed by atoms with Crippen LogP contribution in [0.5, 0.6) is 0 Å². The number of carbonyl (C=O) groups is 2. The summed E-state index contributed by atoms with van der Waals surface area (Å²) in [5.74, 6) is 0.648. The number of amides is 2. The molecule has 6 heteroatoms. The number of hydrogen-bond donors (Lipinski definition) is 0. The lowest BCUT2D eigenvalue weighted by molar-refractivity contribution is -0.122. The second-order valence-electron chi connectivity index (χ2n) is 6.19. The molecule has 0 aliphatic carbocycles. The quantitative estimate of drug-likeness (QED) is 0.770. The van der Waals surface area contributed by atoms with Crippen molar-refractivity contribution < 1.29 is 9.59 Å². The third-order valence-electron chi connectivity index (χ3n) is 4.20. The summed E-state index contributed by atoms with van der Waals surface area (Å²) in [6, 6.07) is 6.02. The molecule has 0 saturated carbocycles. The third-order valence-corrected chi connectivity index (χ3v) is 5.11. The Morgan fingerprint density at radius 1 is 1.20 bits per heavy atom. The van der Waals surface area contributed by atoms with Crippen molar-refractivity contribution in [3.63, 3.8) is 0 Å². The fourth-order valence-electron chi connectivity index (χ4n) is 2.94. The van der Waals surface area contributed by atoms with E-state index in [1.807, 2.05) is 58.2 Å². The van der Waals surface area contributed by atoms with Gasteiger partial charge in [0.25, 0.3) is 11.1 Å². The lowest BCUT2D eigenvalue weighted by atomic mass is 10.2. The van der Waals surface area contributed by atoms with E-state index in [2.05, 4.69) is 9.55 Å². The van der Waals surface area contributed by atoms with Crippen LogP contribution in [0.4, 0.5) is 4.79 Å². The summed E-state index contributed by atoms with van der Waals surface area (Å²) in [5, 5.41) is -0.188.